The summed E-state index contributed by atoms with van der Waals surface area (Å²) in [4.78, 5) is 10.5. The van der Waals surface area contributed by atoms with Crippen LogP contribution in [0.25, 0.3) is 0 Å². The summed E-state index contributed by atoms with van der Waals surface area (Å²) in [5, 5.41) is 9.66. The number of hydrogen-bond donors (Lipinski definition) is 2. The number of rotatable bonds is 2. The van der Waals surface area contributed by atoms with E-state index in [1.807, 2.05) is 0 Å². The van der Waals surface area contributed by atoms with Crippen LogP contribution in [0.15, 0.2) is 0 Å². The van der Waals surface area contributed by atoms with Gasteiger partial charge in [0.05, 0.1) is 12.0 Å². The van der Waals surface area contributed by atoms with Crippen molar-refractivity contribution >= 4 is 5.91 Å². The molecule has 4 nitrogen and oxygen atoms in total. The van der Waals surface area contributed by atoms with Crippen LogP contribution >= 0.6 is 0 Å². The van der Waals surface area contributed by atoms with Crippen molar-refractivity contribution in [2.45, 2.75) is 24.9 Å². The van der Waals surface area contributed by atoms with Gasteiger partial charge in [0.2, 0.25) is 5.91 Å². The minimum atomic E-state index is -0.899. The number of carbonyl (C=O) groups is 1. The van der Waals surface area contributed by atoms with E-state index in [-0.39, 0.29) is 6.42 Å². The van der Waals surface area contributed by atoms with E-state index in [1.165, 1.54) is 0 Å². The van der Waals surface area contributed by atoms with Gasteiger partial charge in [-0.05, 0) is 0 Å². The molecule has 0 unspecified atom stereocenters. The van der Waals surface area contributed by atoms with Crippen molar-refractivity contribution in [3.63, 3.8) is 0 Å². The lowest BCUT2D eigenvalue weighted by molar-refractivity contribution is -0.127. The molecule has 0 aromatic heterocycles. The molecule has 3 N–H and O–H groups in total. The van der Waals surface area contributed by atoms with Crippen LogP contribution in [0.5, 0.6) is 0 Å². The van der Waals surface area contributed by atoms with Crippen LogP contribution in [0.4, 0.5) is 0 Å². The first-order valence-corrected chi connectivity index (χ1v) is 3.71. The number of amides is 1. The Morgan fingerprint density at radius 3 is 2.55 bits per heavy atom. The predicted octanol–water partition coefficient (Wildman–Crippen LogP) is -0.597. The summed E-state index contributed by atoms with van der Waals surface area (Å²) in [7, 11) is 0. The molecule has 0 aliphatic carbocycles. The molecule has 1 heterocycles. The minimum Gasteiger partial charge on any atom is -0.389 e. The fraction of sp³-hybridized carbons (Fsp3) is 0.857. The number of primary amides is 1. The first kappa shape index (κ1) is 8.49. The summed E-state index contributed by atoms with van der Waals surface area (Å²) in [6.07, 6.45) is 1.07. The number of nitrogens with two attached hydrogens (primary N) is 1. The first-order valence-electron chi connectivity index (χ1n) is 3.71. The highest BCUT2D eigenvalue weighted by Crippen LogP contribution is 2.23. The topological polar surface area (TPSA) is 72.6 Å². The zero-order chi connectivity index (χ0) is 8.32. The summed E-state index contributed by atoms with van der Waals surface area (Å²) in [5.74, 6) is -0.450. The highest BCUT2D eigenvalue weighted by molar-refractivity contribution is 5.74. The molecule has 0 atom stereocenters. The summed E-state index contributed by atoms with van der Waals surface area (Å²) in [6, 6.07) is 0. The Morgan fingerprint density at radius 2 is 2.09 bits per heavy atom. The van der Waals surface area contributed by atoms with Gasteiger partial charge in [-0.2, -0.15) is 0 Å². The van der Waals surface area contributed by atoms with Gasteiger partial charge in [0, 0.05) is 26.1 Å². The second-order valence-electron chi connectivity index (χ2n) is 2.98. The molecule has 64 valence electrons. The van der Waals surface area contributed by atoms with Crippen molar-refractivity contribution in [2.24, 2.45) is 5.73 Å². The van der Waals surface area contributed by atoms with Gasteiger partial charge < -0.3 is 15.6 Å². The molecular weight excluding hydrogens is 146 g/mol. The van der Waals surface area contributed by atoms with Crippen molar-refractivity contribution in [2.75, 3.05) is 13.2 Å². The second kappa shape index (κ2) is 3.19. The van der Waals surface area contributed by atoms with Crippen LogP contribution in [-0.4, -0.2) is 29.8 Å². The molecule has 1 fully saturated rings. The molecule has 4 heteroatoms. The molecule has 11 heavy (non-hydrogen) atoms. The lowest BCUT2D eigenvalue weighted by Gasteiger charge is -2.30. The third-order valence-electron chi connectivity index (χ3n) is 1.93. The Hall–Kier alpha value is -0.610. The molecule has 0 bridgehead atoms. The highest BCUT2D eigenvalue weighted by atomic mass is 16.5. The van der Waals surface area contributed by atoms with Crippen LogP contribution in [-0.2, 0) is 9.53 Å². The quantitative estimate of drug-likeness (QED) is 0.565. The molecule has 1 aliphatic rings. The third-order valence-corrected chi connectivity index (χ3v) is 1.93. The number of aliphatic hydroxyl groups is 1. The Morgan fingerprint density at radius 1 is 1.55 bits per heavy atom. The highest BCUT2D eigenvalue weighted by Gasteiger charge is 2.31. The Bertz CT molecular complexity index is 152. The van der Waals surface area contributed by atoms with Gasteiger partial charge in [-0.3, -0.25) is 4.79 Å². The van der Waals surface area contributed by atoms with E-state index in [0.717, 1.165) is 0 Å². The van der Waals surface area contributed by atoms with Gasteiger partial charge in [-0.1, -0.05) is 0 Å². The standard InChI is InChI=1S/C7H13NO3/c8-6(9)5-7(10)1-3-11-4-2-7/h10H,1-5H2,(H2,8,9). The monoisotopic (exact) mass is 159 g/mol. The van der Waals surface area contributed by atoms with Crippen LogP contribution in [0.1, 0.15) is 19.3 Å². The fourth-order valence-corrected chi connectivity index (χ4v) is 1.25. The molecule has 0 aromatic rings. The van der Waals surface area contributed by atoms with Gasteiger partial charge in [0.25, 0.3) is 0 Å². The van der Waals surface area contributed by atoms with E-state index < -0.39 is 11.5 Å². The zero-order valence-corrected chi connectivity index (χ0v) is 6.38. The number of hydrogen-bond acceptors (Lipinski definition) is 3. The average molecular weight is 159 g/mol. The number of ether oxygens (including phenoxy) is 1. The average Bonchev–Trinajstić information content (AvgIpc) is 1.85. The van der Waals surface area contributed by atoms with Gasteiger partial charge in [0.15, 0.2) is 0 Å². The SMILES string of the molecule is NC(=O)CC1(O)CCOCC1. The summed E-state index contributed by atoms with van der Waals surface area (Å²) in [6.45, 7) is 1.04. The lowest BCUT2D eigenvalue weighted by atomic mass is 9.91. The van der Waals surface area contributed by atoms with E-state index in [9.17, 15) is 9.90 Å². The molecule has 1 amide bonds. The van der Waals surface area contributed by atoms with Crippen molar-refractivity contribution in [1.82, 2.24) is 0 Å². The van der Waals surface area contributed by atoms with Crippen molar-refractivity contribution in [1.29, 1.82) is 0 Å². The van der Waals surface area contributed by atoms with Crippen molar-refractivity contribution in [3.8, 4) is 0 Å². The zero-order valence-electron chi connectivity index (χ0n) is 6.38. The molecule has 1 saturated heterocycles. The van der Waals surface area contributed by atoms with Gasteiger partial charge in [-0.25, -0.2) is 0 Å². The molecule has 0 saturated carbocycles. The molecule has 1 aliphatic heterocycles. The molecule has 1 rings (SSSR count). The maximum Gasteiger partial charge on any atom is 0.220 e. The Kier molecular flexibility index (Phi) is 2.46. The van der Waals surface area contributed by atoms with E-state index in [1.54, 1.807) is 0 Å². The second-order valence-corrected chi connectivity index (χ2v) is 2.98. The van der Waals surface area contributed by atoms with E-state index in [0.29, 0.717) is 26.1 Å². The van der Waals surface area contributed by atoms with E-state index in [4.69, 9.17) is 10.5 Å². The normalized spacial score (nSPS) is 23.0. The smallest absolute Gasteiger partial charge is 0.220 e. The van der Waals surface area contributed by atoms with Crippen molar-refractivity contribution in [3.05, 3.63) is 0 Å². The van der Waals surface area contributed by atoms with E-state index >= 15 is 0 Å². The molecule has 0 radical (unpaired) electrons. The maximum absolute atomic E-state index is 10.5. The molecule has 0 spiro atoms. The Balaban J connectivity index is 2.43. The lowest BCUT2D eigenvalue weighted by Crippen LogP contribution is -2.39. The van der Waals surface area contributed by atoms with Gasteiger partial charge in [0.1, 0.15) is 0 Å². The third kappa shape index (κ3) is 2.48. The molecule has 0 aromatic carbocycles. The van der Waals surface area contributed by atoms with E-state index in [2.05, 4.69) is 0 Å². The first-order chi connectivity index (χ1) is 5.12. The van der Waals surface area contributed by atoms with Crippen molar-refractivity contribution < 1.29 is 14.6 Å². The van der Waals surface area contributed by atoms with Crippen LogP contribution in [0.3, 0.4) is 0 Å². The Labute approximate surface area is 65.3 Å². The maximum atomic E-state index is 10.5. The summed E-state index contributed by atoms with van der Waals surface area (Å²) < 4.78 is 5.03. The molecular formula is C7H13NO3. The number of carbonyl (C=O) groups excluding carboxylic acids is 1. The fourth-order valence-electron chi connectivity index (χ4n) is 1.25. The predicted molar refractivity (Wildman–Crippen MR) is 38.8 cm³/mol. The minimum absolute atomic E-state index is 0.0519. The van der Waals surface area contributed by atoms with Gasteiger partial charge in [-0.15, -0.1) is 0 Å². The van der Waals surface area contributed by atoms with Crippen LogP contribution in [0, 0.1) is 0 Å². The largest absolute Gasteiger partial charge is 0.389 e. The van der Waals surface area contributed by atoms with Crippen LogP contribution < -0.4 is 5.73 Å². The summed E-state index contributed by atoms with van der Waals surface area (Å²) in [5.41, 5.74) is 4.07. The van der Waals surface area contributed by atoms with Crippen LogP contribution in [0.2, 0.25) is 0 Å². The van der Waals surface area contributed by atoms with Gasteiger partial charge >= 0.3 is 0 Å². The summed E-state index contributed by atoms with van der Waals surface area (Å²) >= 11 is 0.